The second-order valence-corrected chi connectivity index (χ2v) is 6.12. The molecule has 1 aromatic carbocycles. The summed E-state index contributed by atoms with van der Waals surface area (Å²) in [5, 5.41) is 3.67. The van der Waals surface area contributed by atoms with Gasteiger partial charge >= 0.3 is 0 Å². The van der Waals surface area contributed by atoms with Crippen molar-refractivity contribution in [3.63, 3.8) is 0 Å². The second-order valence-electron chi connectivity index (χ2n) is 6.12. The topological polar surface area (TPSA) is 12.0 Å². The summed E-state index contributed by atoms with van der Waals surface area (Å²) in [4.78, 5) is 0. The largest absolute Gasteiger partial charge is 0.307 e. The first-order chi connectivity index (χ1) is 10.2. The molecule has 21 heavy (non-hydrogen) atoms. The summed E-state index contributed by atoms with van der Waals surface area (Å²) in [5.41, 5.74) is 3.78. The zero-order valence-corrected chi connectivity index (χ0v) is 13.4. The van der Waals surface area contributed by atoms with Crippen LogP contribution in [0.2, 0.25) is 0 Å². The fraction of sp³-hybridized carbons (Fsp3) is 0.579. The maximum atomic E-state index is 13.4. The van der Waals surface area contributed by atoms with Gasteiger partial charge in [0.05, 0.1) is 6.04 Å². The average Bonchev–Trinajstić information content (AvgIpc) is 2.42. The Kier molecular flexibility index (Phi) is 6.44. The van der Waals surface area contributed by atoms with E-state index in [0.717, 1.165) is 24.9 Å². The Morgan fingerprint density at radius 2 is 2.00 bits per heavy atom. The van der Waals surface area contributed by atoms with E-state index in [1.54, 1.807) is 12.1 Å². The molecule has 1 atom stereocenters. The van der Waals surface area contributed by atoms with Crippen molar-refractivity contribution in [3.05, 3.63) is 46.8 Å². The van der Waals surface area contributed by atoms with Gasteiger partial charge < -0.3 is 5.32 Å². The summed E-state index contributed by atoms with van der Waals surface area (Å²) in [6.07, 6.45) is 11.1. The van der Waals surface area contributed by atoms with E-state index in [1.807, 2.05) is 13.0 Å². The Hall–Kier alpha value is -1.15. The molecule has 0 aromatic heterocycles. The number of hydrogen-bond donors (Lipinski definition) is 1. The third-order valence-corrected chi connectivity index (χ3v) is 4.34. The van der Waals surface area contributed by atoms with Crippen molar-refractivity contribution in [2.75, 3.05) is 6.54 Å². The minimum atomic E-state index is -0.142. The molecule has 0 heterocycles. The van der Waals surface area contributed by atoms with Crippen LogP contribution < -0.4 is 5.32 Å². The van der Waals surface area contributed by atoms with Gasteiger partial charge in [-0.25, -0.2) is 4.39 Å². The number of allylic oxidation sites excluding steroid dienone is 1. The summed E-state index contributed by atoms with van der Waals surface area (Å²) in [6, 6.07) is 5.45. The van der Waals surface area contributed by atoms with Crippen molar-refractivity contribution in [1.29, 1.82) is 0 Å². The van der Waals surface area contributed by atoms with Crippen LogP contribution in [0.15, 0.2) is 29.8 Å². The van der Waals surface area contributed by atoms with Crippen LogP contribution in [-0.4, -0.2) is 6.54 Å². The van der Waals surface area contributed by atoms with Crippen molar-refractivity contribution in [3.8, 4) is 0 Å². The number of aryl methyl sites for hydroxylation is 1. The lowest BCUT2D eigenvalue weighted by atomic mass is 9.89. The predicted octanol–water partition coefficient (Wildman–Crippen LogP) is 5.46. The molecule has 1 nitrogen and oxygen atoms in total. The highest BCUT2D eigenvalue weighted by Crippen LogP contribution is 2.30. The Bertz CT molecular complexity index is 478. The van der Waals surface area contributed by atoms with Gasteiger partial charge in [-0.3, -0.25) is 0 Å². The van der Waals surface area contributed by atoms with Crippen LogP contribution in [0.4, 0.5) is 4.39 Å². The van der Waals surface area contributed by atoms with E-state index in [2.05, 4.69) is 18.3 Å². The molecule has 1 unspecified atom stereocenters. The van der Waals surface area contributed by atoms with E-state index >= 15 is 0 Å². The molecule has 1 N–H and O–H groups in total. The van der Waals surface area contributed by atoms with Gasteiger partial charge in [0.1, 0.15) is 5.82 Å². The fourth-order valence-electron chi connectivity index (χ4n) is 3.17. The molecule has 0 saturated heterocycles. The lowest BCUT2D eigenvalue weighted by molar-refractivity contribution is 0.537. The molecule has 0 radical (unpaired) electrons. The monoisotopic (exact) mass is 289 g/mol. The van der Waals surface area contributed by atoms with Crippen LogP contribution in [0.5, 0.6) is 0 Å². The smallest absolute Gasteiger partial charge is 0.123 e. The van der Waals surface area contributed by atoms with Crippen LogP contribution in [-0.2, 0) is 0 Å². The highest BCUT2D eigenvalue weighted by atomic mass is 19.1. The maximum Gasteiger partial charge on any atom is 0.123 e. The second kappa shape index (κ2) is 8.33. The van der Waals surface area contributed by atoms with Gasteiger partial charge in [0, 0.05) is 0 Å². The van der Waals surface area contributed by atoms with Crippen LogP contribution in [0.3, 0.4) is 0 Å². The predicted molar refractivity (Wildman–Crippen MR) is 88.0 cm³/mol. The first-order valence-electron chi connectivity index (χ1n) is 8.40. The number of hydrogen-bond acceptors (Lipinski definition) is 1. The van der Waals surface area contributed by atoms with E-state index in [4.69, 9.17) is 0 Å². The van der Waals surface area contributed by atoms with Gasteiger partial charge in [-0.15, -0.1) is 0 Å². The lowest BCUT2D eigenvalue weighted by Gasteiger charge is -2.25. The van der Waals surface area contributed by atoms with Crippen molar-refractivity contribution in [1.82, 2.24) is 5.32 Å². The Morgan fingerprint density at radius 1 is 1.19 bits per heavy atom. The van der Waals surface area contributed by atoms with E-state index in [9.17, 15) is 4.39 Å². The molecule has 1 aliphatic carbocycles. The normalized spacial score (nSPS) is 20.2. The zero-order valence-electron chi connectivity index (χ0n) is 13.4. The fourth-order valence-corrected chi connectivity index (χ4v) is 3.17. The van der Waals surface area contributed by atoms with E-state index < -0.39 is 0 Å². The van der Waals surface area contributed by atoms with E-state index in [1.165, 1.54) is 43.2 Å². The molecule has 0 spiro atoms. The first kappa shape index (κ1) is 16.2. The van der Waals surface area contributed by atoms with E-state index in [0.29, 0.717) is 0 Å². The van der Waals surface area contributed by atoms with Gasteiger partial charge in [-0.2, -0.15) is 0 Å². The molecule has 1 aromatic rings. The summed E-state index contributed by atoms with van der Waals surface area (Å²) < 4.78 is 13.4. The quantitative estimate of drug-likeness (QED) is 0.710. The summed E-state index contributed by atoms with van der Waals surface area (Å²) in [7, 11) is 0. The maximum absolute atomic E-state index is 13.4. The third-order valence-electron chi connectivity index (χ3n) is 4.34. The van der Waals surface area contributed by atoms with Crippen molar-refractivity contribution >= 4 is 0 Å². The number of rotatable bonds is 5. The highest BCUT2D eigenvalue weighted by Gasteiger charge is 2.18. The molecule has 2 rings (SSSR count). The molecule has 0 bridgehead atoms. The Labute approximate surface area is 128 Å². The van der Waals surface area contributed by atoms with Crippen molar-refractivity contribution < 1.29 is 4.39 Å². The van der Waals surface area contributed by atoms with Gasteiger partial charge in [0.15, 0.2) is 0 Å². The first-order valence-corrected chi connectivity index (χ1v) is 8.40. The SMILES string of the molecule is CCCNC(/C1=C/CCCCCC1)c1ccc(F)cc1C. The van der Waals surface area contributed by atoms with Gasteiger partial charge in [-0.1, -0.05) is 37.5 Å². The van der Waals surface area contributed by atoms with E-state index in [-0.39, 0.29) is 11.9 Å². The standard InChI is InChI=1S/C19H28FN/c1-3-13-21-19(16-9-7-5-4-6-8-10-16)18-12-11-17(20)14-15(18)2/h9,11-12,14,19,21H,3-8,10,13H2,1-2H3/b16-9+. The molecule has 0 aliphatic heterocycles. The molecule has 1 aliphatic rings. The van der Waals surface area contributed by atoms with Gasteiger partial charge in [0.25, 0.3) is 0 Å². The minimum absolute atomic E-state index is 0.142. The molecule has 0 amide bonds. The number of halogens is 1. The molecule has 0 fully saturated rings. The van der Waals surface area contributed by atoms with Gasteiger partial charge in [0.2, 0.25) is 0 Å². The lowest BCUT2D eigenvalue weighted by Crippen LogP contribution is -2.25. The molecular weight excluding hydrogens is 261 g/mol. The zero-order chi connectivity index (χ0) is 15.1. The number of benzene rings is 1. The average molecular weight is 289 g/mol. The van der Waals surface area contributed by atoms with Crippen LogP contribution in [0.25, 0.3) is 0 Å². The highest BCUT2D eigenvalue weighted by molar-refractivity contribution is 5.35. The summed E-state index contributed by atoms with van der Waals surface area (Å²) in [5.74, 6) is -0.142. The van der Waals surface area contributed by atoms with Crippen molar-refractivity contribution in [2.24, 2.45) is 0 Å². The molecular formula is C19H28FN. The Balaban J connectivity index is 2.27. The minimum Gasteiger partial charge on any atom is -0.307 e. The van der Waals surface area contributed by atoms with Crippen molar-refractivity contribution in [2.45, 2.75) is 64.8 Å². The molecule has 2 heteroatoms. The Morgan fingerprint density at radius 3 is 2.76 bits per heavy atom. The number of nitrogens with one attached hydrogen (secondary N) is 1. The molecule has 116 valence electrons. The summed E-state index contributed by atoms with van der Waals surface area (Å²) >= 11 is 0. The van der Waals surface area contributed by atoms with Crippen LogP contribution in [0, 0.1) is 12.7 Å². The third kappa shape index (κ3) is 4.67. The van der Waals surface area contributed by atoms with Crippen LogP contribution in [0.1, 0.15) is 69.0 Å². The van der Waals surface area contributed by atoms with Crippen LogP contribution >= 0.6 is 0 Å². The summed E-state index contributed by atoms with van der Waals surface area (Å²) in [6.45, 7) is 5.20. The molecule has 0 saturated carbocycles. The van der Waals surface area contributed by atoms with Gasteiger partial charge in [-0.05, 0) is 68.8 Å².